The summed E-state index contributed by atoms with van der Waals surface area (Å²) in [6, 6.07) is 8.05. The molecule has 0 fully saturated rings. The molecule has 0 N–H and O–H groups in total. The number of carbonyl (C=O) groups excluding carboxylic acids is 2. The third-order valence-electron chi connectivity index (χ3n) is 3.62. The predicted molar refractivity (Wildman–Crippen MR) is 89.1 cm³/mol. The van der Waals surface area contributed by atoms with Gasteiger partial charge in [0.2, 0.25) is 5.78 Å². The Balaban J connectivity index is 2.52. The van der Waals surface area contributed by atoms with Crippen LogP contribution in [0.5, 0.6) is 0 Å². The molecule has 0 radical (unpaired) electrons. The molecule has 1 aromatic heterocycles. The number of methoxy groups -OCH3 is 1. The Hall–Kier alpha value is -2.21. The van der Waals surface area contributed by atoms with Crippen molar-refractivity contribution in [1.82, 2.24) is 3.96 Å². The molecule has 1 heterocycles. The van der Waals surface area contributed by atoms with E-state index in [9.17, 15) is 14.4 Å². The molecule has 0 saturated carbocycles. The van der Waals surface area contributed by atoms with Crippen LogP contribution in [-0.2, 0) is 9.53 Å². The number of hydrogen-bond donors (Lipinski definition) is 0. The Morgan fingerprint density at radius 2 is 1.78 bits per heavy atom. The van der Waals surface area contributed by atoms with Crippen molar-refractivity contribution in [1.29, 1.82) is 0 Å². The Labute approximate surface area is 138 Å². The first-order valence-corrected chi connectivity index (χ1v) is 8.05. The fraction of sp³-hybridized carbons (Fsp3) is 0.353. The van der Waals surface area contributed by atoms with Gasteiger partial charge in [-0.15, -0.1) is 0 Å². The second-order valence-electron chi connectivity index (χ2n) is 5.58. The standard InChI is InChI=1S/C17H19NO4S/c1-10(2)13(17(21)22-4)18-16(20)11(3)15(23-18)14(19)12-8-6-5-7-9-12/h5-10,13H,1-4H3. The second-order valence-corrected chi connectivity index (χ2v) is 6.57. The first-order valence-electron chi connectivity index (χ1n) is 7.28. The number of nitrogens with zero attached hydrogens (tertiary/aromatic N) is 1. The topological polar surface area (TPSA) is 65.4 Å². The number of esters is 1. The molecule has 122 valence electrons. The molecule has 0 amide bonds. The number of rotatable bonds is 5. The summed E-state index contributed by atoms with van der Waals surface area (Å²) in [6.07, 6.45) is 0. The lowest BCUT2D eigenvalue weighted by Gasteiger charge is -2.18. The predicted octanol–water partition coefficient (Wildman–Crippen LogP) is 2.82. The Bertz CT molecular complexity index is 774. The van der Waals surface area contributed by atoms with Gasteiger partial charge < -0.3 is 4.74 Å². The van der Waals surface area contributed by atoms with Crippen molar-refractivity contribution in [3.8, 4) is 0 Å². The molecule has 0 bridgehead atoms. The molecular weight excluding hydrogens is 314 g/mol. The van der Waals surface area contributed by atoms with Gasteiger partial charge in [0.05, 0.1) is 7.11 Å². The minimum Gasteiger partial charge on any atom is -0.467 e. The molecule has 0 aliphatic rings. The van der Waals surface area contributed by atoms with Gasteiger partial charge in [-0.3, -0.25) is 9.59 Å². The van der Waals surface area contributed by atoms with E-state index in [1.54, 1.807) is 31.2 Å². The summed E-state index contributed by atoms with van der Waals surface area (Å²) in [5, 5.41) is 0. The lowest BCUT2D eigenvalue weighted by molar-refractivity contribution is -0.145. The monoisotopic (exact) mass is 333 g/mol. The van der Waals surface area contributed by atoms with Gasteiger partial charge >= 0.3 is 5.97 Å². The van der Waals surface area contributed by atoms with E-state index in [2.05, 4.69) is 0 Å². The van der Waals surface area contributed by atoms with Crippen LogP contribution in [0.4, 0.5) is 0 Å². The van der Waals surface area contributed by atoms with Crippen molar-refractivity contribution in [2.75, 3.05) is 7.11 Å². The largest absolute Gasteiger partial charge is 0.467 e. The van der Waals surface area contributed by atoms with E-state index in [1.165, 1.54) is 11.1 Å². The third-order valence-corrected chi connectivity index (χ3v) is 4.88. The molecule has 1 aromatic carbocycles. The molecule has 0 saturated heterocycles. The highest BCUT2D eigenvalue weighted by Crippen LogP contribution is 2.25. The van der Waals surface area contributed by atoms with Crippen LogP contribution in [0, 0.1) is 12.8 Å². The quantitative estimate of drug-likeness (QED) is 0.623. The van der Waals surface area contributed by atoms with E-state index < -0.39 is 12.0 Å². The van der Waals surface area contributed by atoms with Gasteiger partial charge in [-0.05, 0) is 12.8 Å². The van der Waals surface area contributed by atoms with E-state index >= 15 is 0 Å². The van der Waals surface area contributed by atoms with Gasteiger partial charge in [-0.2, -0.15) is 0 Å². The molecule has 0 aliphatic heterocycles. The maximum atomic E-state index is 12.6. The minimum absolute atomic E-state index is 0.127. The van der Waals surface area contributed by atoms with E-state index in [0.29, 0.717) is 16.0 Å². The molecular formula is C17H19NO4S. The van der Waals surface area contributed by atoms with Gasteiger partial charge in [0.15, 0.2) is 0 Å². The average Bonchev–Trinajstić information content (AvgIpc) is 2.83. The molecule has 2 aromatic rings. The Kier molecular flexibility index (Phi) is 5.15. The van der Waals surface area contributed by atoms with Crippen molar-refractivity contribution < 1.29 is 14.3 Å². The first-order chi connectivity index (χ1) is 10.9. The molecule has 1 unspecified atom stereocenters. The fourth-order valence-electron chi connectivity index (χ4n) is 2.35. The van der Waals surface area contributed by atoms with Crippen molar-refractivity contribution >= 4 is 23.3 Å². The van der Waals surface area contributed by atoms with Crippen LogP contribution in [-0.4, -0.2) is 22.8 Å². The van der Waals surface area contributed by atoms with E-state index in [-0.39, 0.29) is 17.3 Å². The van der Waals surface area contributed by atoms with Gasteiger partial charge in [-0.1, -0.05) is 55.7 Å². The third kappa shape index (κ3) is 3.27. The van der Waals surface area contributed by atoms with Gasteiger partial charge in [0.1, 0.15) is 10.9 Å². The van der Waals surface area contributed by atoms with E-state index in [0.717, 1.165) is 11.5 Å². The highest BCUT2D eigenvalue weighted by Gasteiger charge is 2.30. The zero-order chi connectivity index (χ0) is 17.1. The lowest BCUT2D eigenvalue weighted by Crippen LogP contribution is -2.31. The highest BCUT2D eigenvalue weighted by atomic mass is 32.1. The van der Waals surface area contributed by atoms with Crippen molar-refractivity contribution in [2.45, 2.75) is 26.8 Å². The van der Waals surface area contributed by atoms with Crippen LogP contribution >= 0.6 is 11.5 Å². The number of benzene rings is 1. The number of ketones is 1. The van der Waals surface area contributed by atoms with E-state index in [4.69, 9.17) is 4.74 Å². The molecule has 0 spiro atoms. The zero-order valence-electron chi connectivity index (χ0n) is 13.5. The van der Waals surface area contributed by atoms with Crippen LogP contribution in [0.1, 0.15) is 40.7 Å². The second kappa shape index (κ2) is 6.91. The fourth-order valence-corrected chi connectivity index (χ4v) is 3.63. The van der Waals surface area contributed by atoms with Crippen LogP contribution in [0.2, 0.25) is 0 Å². The summed E-state index contributed by atoms with van der Waals surface area (Å²) < 4.78 is 6.15. The van der Waals surface area contributed by atoms with Crippen LogP contribution in [0.25, 0.3) is 0 Å². The summed E-state index contributed by atoms with van der Waals surface area (Å²) >= 11 is 1.02. The Morgan fingerprint density at radius 3 is 2.30 bits per heavy atom. The number of ether oxygens (including phenoxy) is 1. The average molecular weight is 333 g/mol. The minimum atomic E-state index is -0.728. The number of aromatic nitrogens is 1. The number of hydrogen-bond acceptors (Lipinski definition) is 5. The van der Waals surface area contributed by atoms with Crippen LogP contribution in [0.3, 0.4) is 0 Å². The molecule has 5 nitrogen and oxygen atoms in total. The molecule has 1 atom stereocenters. The SMILES string of the molecule is COC(=O)C(C(C)C)n1sc(C(=O)c2ccccc2)c(C)c1=O. The van der Waals surface area contributed by atoms with Gasteiger partial charge in [0.25, 0.3) is 5.56 Å². The summed E-state index contributed by atoms with van der Waals surface area (Å²) in [7, 11) is 1.29. The zero-order valence-corrected chi connectivity index (χ0v) is 14.3. The molecule has 2 rings (SSSR count). The highest BCUT2D eigenvalue weighted by molar-refractivity contribution is 7.09. The first kappa shape index (κ1) is 17.1. The van der Waals surface area contributed by atoms with Gasteiger partial charge in [-0.25, -0.2) is 8.75 Å². The van der Waals surface area contributed by atoms with Crippen molar-refractivity contribution in [2.24, 2.45) is 5.92 Å². The summed E-state index contributed by atoms with van der Waals surface area (Å²) in [6.45, 7) is 5.28. The van der Waals surface area contributed by atoms with Crippen molar-refractivity contribution in [3.05, 3.63) is 56.7 Å². The molecule has 6 heteroatoms. The van der Waals surface area contributed by atoms with Crippen molar-refractivity contribution in [3.63, 3.8) is 0 Å². The summed E-state index contributed by atoms with van der Waals surface area (Å²) in [4.78, 5) is 37.5. The van der Waals surface area contributed by atoms with Crippen LogP contribution in [0.15, 0.2) is 35.1 Å². The Morgan fingerprint density at radius 1 is 1.17 bits per heavy atom. The normalized spacial score (nSPS) is 12.2. The molecule has 23 heavy (non-hydrogen) atoms. The number of carbonyl (C=O) groups is 2. The lowest BCUT2D eigenvalue weighted by atomic mass is 10.1. The maximum absolute atomic E-state index is 12.6. The van der Waals surface area contributed by atoms with E-state index in [1.807, 2.05) is 19.9 Å². The van der Waals surface area contributed by atoms with Crippen LogP contribution < -0.4 is 5.56 Å². The van der Waals surface area contributed by atoms with Gasteiger partial charge in [0, 0.05) is 11.1 Å². The summed E-state index contributed by atoms with van der Waals surface area (Å²) in [5.41, 5.74) is 0.556. The smallest absolute Gasteiger partial charge is 0.330 e. The molecule has 0 aliphatic carbocycles. The maximum Gasteiger partial charge on any atom is 0.330 e. The summed E-state index contributed by atoms with van der Waals surface area (Å²) in [5.74, 6) is -0.823.